The second-order valence-corrected chi connectivity index (χ2v) is 7.27. The van der Waals surface area contributed by atoms with Crippen molar-refractivity contribution in [1.82, 2.24) is 4.90 Å². The Hall–Kier alpha value is -2.27. The highest BCUT2D eigenvalue weighted by molar-refractivity contribution is 5.70. The lowest BCUT2D eigenvalue weighted by Crippen LogP contribution is -2.37. The van der Waals surface area contributed by atoms with Crippen LogP contribution in [0.15, 0.2) is 54.6 Å². The van der Waals surface area contributed by atoms with E-state index in [9.17, 15) is 13.2 Å². The van der Waals surface area contributed by atoms with Gasteiger partial charge in [0.05, 0.1) is 12.7 Å². The summed E-state index contributed by atoms with van der Waals surface area (Å²) in [5.41, 5.74) is 2.52. The summed E-state index contributed by atoms with van der Waals surface area (Å²) in [5.74, 6) is -0.111. The summed E-state index contributed by atoms with van der Waals surface area (Å²) in [6, 6.07) is 15.4. The Kier molecular flexibility index (Phi) is 4.72. The second-order valence-electron chi connectivity index (χ2n) is 7.27. The highest BCUT2D eigenvalue weighted by Gasteiger charge is 2.38. The van der Waals surface area contributed by atoms with Crippen LogP contribution in [0.4, 0.5) is 13.2 Å². The predicted molar refractivity (Wildman–Crippen MR) is 99.4 cm³/mol. The number of halogens is 3. The number of methoxy groups -OCH3 is 1. The molecule has 0 aromatic heterocycles. The average molecular weight is 373 g/mol. The molecule has 2 aliphatic rings. The third-order valence-corrected chi connectivity index (χ3v) is 5.63. The van der Waals surface area contributed by atoms with Crippen molar-refractivity contribution in [2.45, 2.75) is 44.1 Å². The van der Waals surface area contributed by atoms with Crippen LogP contribution in [0.5, 0.6) is 5.75 Å². The van der Waals surface area contributed by atoms with Gasteiger partial charge in [-0.3, -0.25) is 4.90 Å². The summed E-state index contributed by atoms with van der Waals surface area (Å²) >= 11 is 0. The maximum Gasteiger partial charge on any atom is 0.419 e. The molecule has 27 heavy (non-hydrogen) atoms. The molecule has 0 spiro atoms. The molecule has 2 nitrogen and oxygen atoms in total. The lowest BCUT2D eigenvalue weighted by Gasteiger charge is -2.34. The Morgan fingerprint density at radius 2 is 1.85 bits per heavy atom. The van der Waals surface area contributed by atoms with E-state index in [1.807, 2.05) is 6.07 Å². The van der Waals surface area contributed by atoms with Gasteiger partial charge in [0.2, 0.25) is 0 Å². The Balaban J connectivity index is 1.59. The Morgan fingerprint density at radius 3 is 2.52 bits per heavy atom. The van der Waals surface area contributed by atoms with Crippen LogP contribution in [0.2, 0.25) is 0 Å². The van der Waals surface area contributed by atoms with E-state index in [4.69, 9.17) is 4.74 Å². The van der Waals surface area contributed by atoms with Gasteiger partial charge in [-0.25, -0.2) is 0 Å². The molecule has 0 radical (unpaired) electrons. The van der Waals surface area contributed by atoms with E-state index in [1.165, 1.54) is 18.7 Å². The maximum absolute atomic E-state index is 13.1. The SMILES string of the molecule is COc1cc(C2=CC3CCC(C2)N3Cc2ccccc2)ccc1C(F)(F)F. The lowest BCUT2D eigenvalue weighted by atomic mass is 9.93. The minimum absolute atomic E-state index is 0.111. The first-order valence-electron chi connectivity index (χ1n) is 9.21. The number of alkyl halides is 3. The van der Waals surface area contributed by atoms with Crippen LogP contribution in [-0.2, 0) is 12.7 Å². The van der Waals surface area contributed by atoms with Gasteiger partial charge in [-0.2, -0.15) is 13.2 Å². The predicted octanol–water partition coefficient (Wildman–Crippen LogP) is 5.53. The van der Waals surface area contributed by atoms with Gasteiger partial charge in [0, 0.05) is 18.6 Å². The standard InChI is InChI=1S/C22H22F3NO/c1-27-21-13-16(7-10-20(21)22(23,24)25)17-11-18-8-9-19(12-17)26(18)14-15-5-3-2-4-6-15/h2-7,10-11,13,18-19H,8-9,12,14H2,1H3. The number of hydrogen-bond acceptors (Lipinski definition) is 2. The monoisotopic (exact) mass is 373 g/mol. The molecule has 0 N–H and O–H groups in total. The zero-order valence-electron chi connectivity index (χ0n) is 15.2. The zero-order chi connectivity index (χ0) is 19.0. The molecule has 2 unspecified atom stereocenters. The fourth-order valence-corrected chi connectivity index (χ4v) is 4.30. The summed E-state index contributed by atoms with van der Waals surface area (Å²) in [6.45, 7) is 0.913. The molecule has 1 fully saturated rings. The van der Waals surface area contributed by atoms with Crippen molar-refractivity contribution in [2.24, 2.45) is 0 Å². The normalized spacial score (nSPS) is 22.6. The third-order valence-electron chi connectivity index (χ3n) is 5.63. The van der Waals surface area contributed by atoms with Crippen molar-refractivity contribution in [3.63, 3.8) is 0 Å². The minimum Gasteiger partial charge on any atom is -0.496 e. The Morgan fingerprint density at radius 1 is 1.07 bits per heavy atom. The number of nitrogens with zero attached hydrogens (tertiary/aromatic N) is 1. The largest absolute Gasteiger partial charge is 0.496 e. The summed E-state index contributed by atoms with van der Waals surface area (Å²) in [6.07, 6.45) is 0.900. The van der Waals surface area contributed by atoms with E-state index >= 15 is 0 Å². The fourth-order valence-electron chi connectivity index (χ4n) is 4.30. The molecule has 5 heteroatoms. The van der Waals surface area contributed by atoms with Crippen LogP contribution < -0.4 is 4.74 Å². The van der Waals surface area contributed by atoms with Crippen LogP contribution in [0.3, 0.4) is 0 Å². The molecule has 0 saturated carbocycles. The molecule has 2 aliphatic heterocycles. The average Bonchev–Trinajstić information content (AvgIpc) is 2.89. The first kappa shape index (κ1) is 18.1. The smallest absolute Gasteiger partial charge is 0.419 e. The molecule has 2 aromatic carbocycles. The van der Waals surface area contributed by atoms with Crippen molar-refractivity contribution in [2.75, 3.05) is 7.11 Å². The van der Waals surface area contributed by atoms with E-state index < -0.39 is 11.7 Å². The first-order valence-corrected chi connectivity index (χ1v) is 9.21. The molecule has 1 saturated heterocycles. The maximum atomic E-state index is 13.1. The van der Waals surface area contributed by atoms with Crippen LogP contribution in [0, 0.1) is 0 Å². The van der Waals surface area contributed by atoms with E-state index in [-0.39, 0.29) is 5.75 Å². The molecule has 4 rings (SSSR count). The number of hydrogen-bond donors (Lipinski definition) is 0. The minimum atomic E-state index is -4.41. The molecular weight excluding hydrogens is 351 g/mol. The van der Waals surface area contributed by atoms with Gasteiger partial charge in [-0.05, 0) is 48.1 Å². The van der Waals surface area contributed by atoms with Crippen molar-refractivity contribution in [3.8, 4) is 5.75 Å². The van der Waals surface area contributed by atoms with Gasteiger partial charge in [-0.15, -0.1) is 0 Å². The molecule has 142 valence electrons. The van der Waals surface area contributed by atoms with Gasteiger partial charge in [0.1, 0.15) is 5.75 Å². The van der Waals surface area contributed by atoms with Crippen LogP contribution in [0.1, 0.15) is 36.0 Å². The first-order chi connectivity index (χ1) is 13.0. The van der Waals surface area contributed by atoms with Crippen molar-refractivity contribution < 1.29 is 17.9 Å². The topological polar surface area (TPSA) is 12.5 Å². The van der Waals surface area contributed by atoms with Gasteiger partial charge >= 0.3 is 6.18 Å². The second kappa shape index (κ2) is 7.04. The van der Waals surface area contributed by atoms with Gasteiger partial charge < -0.3 is 4.74 Å². The molecule has 2 bridgehead atoms. The highest BCUT2D eigenvalue weighted by Crippen LogP contribution is 2.42. The van der Waals surface area contributed by atoms with Crippen LogP contribution in [-0.4, -0.2) is 24.1 Å². The van der Waals surface area contributed by atoms with Gasteiger partial charge in [0.25, 0.3) is 0 Å². The Labute approximate surface area is 157 Å². The summed E-state index contributed by atoms with van der Waals surface area (Å²) < 4.78 is 44.3. The lowest BCUT2D eigenvalue weighted by molar-refractivity contribution is -0.138. The fraction of sp³-hybridized carbons (Fsp3) is 0.364. The number of ether oxygens (including phenoxy) is 1. The van der Waals surface area contributed by atoms with Gasteiger partial charge in [-0.1, -0.05) is 42.5 Å². The molecule has 2 heterocycles. The summed E-state index contributed by atoms with van der Waals surface area (Å²) in [7, 11) is 1.29. The van der Waals surface area contributed by atoms with Crippen molar-refractivity contribution >= 4 is 5.57 Å². The third kappa shape index (κ3) is 3.61. The summed E-state index contributed by atoms with van der Waals surface area (Å²) in [4.78, 5) is 2.51. The molecule has 0 amide bonds. The van der Waals surface area contributed by atoms with Crippen molar-refractivity contribution in [3.05, 3.63) is 71.3 Å². The van der Waals surface area contributed by atoms with E-state index in [0.717, 1.165) is 43.0 Å². The zero-order valence-corrected chi connectivity index (χ0v) is 15.2. The Bertz CT molecular complexity index is 844. The molecular formula is C22H22F3NO. The van der Waals surface area contributed by atoms with Gasteiger partial charge in [0.15, 0.2) is 0 Å². The van der Waals surface area contributed by atoms with E-state index in [1.54, 1.807) is 6.07 Å². The highest BCUT2D eigenvalue weighted by atomic mass is 19.4. The molecule has 2 atom stereocenters. The molecule has 2 aromatic rings. The van der Waals surface area contributed by atoms with Crippen molar-refractivity contribution in [1.29, 1.82) is 0 Å². The van der Waals surface area contributed by atoms with E-state index in [2.05, 4.69) is 35.2 Å². The quantitative estimate of drug-likeness (QED) is 0.698. The van der Waals surface area contributed by atoms with Crippen LogP contribution >= 0.6 is 0 Å². The molecule has 0 aliphatic carbocycles. The summed E-state index contributed by atoms with van der Waals surface area (Å²) in [5, 5.41) is 0. The number of benzene rings is 2. The number of fused-ring (bicyclic) bond motifs is 2. The van der Waals surface area contributed by atoms with Crippen LogP contribution in [0.25, 0.3) is 5.57 Å². The van der Waals surface area contributed by atoms with E-state index in [0.29, 0.717) is 12.1 Å². The number of rotatable bonds is 4.